The highest BCUT2D eigenvalue weighted by Gasteiger charge is 2.05. The molecule has 0 aliphatic rings. The van der Waals surface area contributed by atoms with Crippen LogP contribution in [0.3, 0.4) is 0 Å². The fraction of sp³-hybridized carbons (Fsp3) is 0.231. The van der Waals surface area contributed by atoms with Gasteiger partial charge in [0.2, 0.25) is 0 Å². The van der Waals surface area contributed by atoms with Crippen molar-refractivity contribution in [2.24, 2.45) is 0 Å². The van der Waals surface area contributed by atoms with Crippen LogP contribution < -0.4 is 5.56 Å². The van der Waals surface area contributed by atoms with Crippen LogP contribution in [0.25, 0.3) is 11.3 Å². The summed E-state index contributed by atoms with van der Waals surface area (Å²) in [4.78, 5) is 13.6. The monoisotopic (exact) mass is 229 g/mol. The number of rotatable bonds is 3. The Balaban J connectivity index is 2.41. The minimum atomic E-state index is -0.126. The van der Waals surface area contributed by atoms with E-state index in [1.807, 2.05) is 55.4 Å². The molecule has 0 radical (unpaired) electrons. The summed E-state index contributed by atoms with van der Waals surface area (Å²) < 4.78 is 0. The molecule has 1 aromatic carbocycles. The third-order valence-corrected chi connectivity index (χ3v) is 2.44. The highest BCUT2D eigenvalue weighted by molar-refractivity contribution is 5.58. The van der Waals surface area contributed by atoms with Gasteiger partial charge in [0.05, 0.1) is 5.69 Å². The Bertz CT molecular complexity index is 546. The minimum absolute atomic E-state index is 0.126. The van der Waals surface area contributed by atoms with Crippen LogP contribution in [0, 0.1) is 0 Å². The second-order valence-corrected chi connectivity index (χ2v) is 4.21. The molecule has 0 aliphatic carbocycles. The van der Waals surface area contributed by atoms with E-state index < -0.39 is 0 Å². The maximum Gasteiger partial charge on any atom is 0.268 e. The van der Waals surface area contributed by atoms with Gasteiger partial charge in [0.15, 0.2) is 0 Å². The Morgan fingerprint density at radius 2 is 1.94 bits per heavy atom. The third-order valence-electron chi connectivity index (χ3n) is 2.44. The zero-order chi connectivity index (χ0) is 12.3. The molecule has 1 aromatic heterocycles. The van der Waals surface area contributed by atoms with E-state index in [1.165, 1.54) is 0 Å². The maximum absolute atomic E-state index is 11.6. The Hall–Kier alpha value is -1.94. The van der Waals surface area contributed by atoms with Crippen molar-refractivity contribution in [3.05, 3.63) is 52.3 Å². The van der Waals surface area contributed by atoms with E-state index in [4.69, 9.17) is 0 Å². The number of aromatic amines is 1. The third kappa shape index (κ3) is 2.79. The second kappa shape index (κ2) is 4.93. The lowest BCUT2D eigenvalue weighted by atomic mass is 10.1. The zero-order valence-electron chi connectivity index (χ0n) is 9.97. The van der Waals surface area contributed by atoms with Gasteiger partial charge in [-0.25, -0.2) is 5.10 Å². The van der Waals surface area contributed by atoms with Crippen molar-refractivity contribution < 1.29 is 0 Å². The molecular formula is C13H15N3O. The molecule has 0 atom stereocenters. The van der Waals surface area contributed by atoms with Crippen LogP contribution >= 0.6 is 0 Å². The van der Waals surface area contributed by atoms with Crippen LogP contribution in [0.2, 0.25) is 0 Å². The predicted octanol–water partition coefficient (Wildman–Crippen LogP) is 1.50. The number of hydrogen-bond donors (Lipinski definition) is 1. The van der Waals surface area contributed by atoms with Crippen molar-refractivity contribution in [3.8, 4) is 11.3 Å². The minimum Gasteiger partial charge on any atom is -0.305 e. The number of nitrogens with one attached hydrogen (secondary N) is 1. The first kappa shape index (κ1) is 11.5. The van der Waals surface area contributed by atoms with Gasteiger partial charge in [-0.3, -0.25) is 4.79 Å². The van der Waals surface area contributed by atoms with Crippen molar-refractivity contribution in [2.45, 2.75) is 6.54 Å². The van der Waals surface area contributed by atoms with Gasteiger partial charge in [0.1, 0.15) is 0 Å². The van der Waals surface area contributed by atoms with Crippen LogP contribution in [0.1, 0.15) is 5.56 Å². The summed E-state index contributed by atoms with van der Waals surface area (Å²) in [6.45, 7) is 0.609. The van der Waals surface area contributed by atoms with Crippen LogP contribution in [0.5, 0.6) is 0 Å². The zero-order valence-corrected chi connectivity index (χ0v) is 9.97. The average molecular weight is 229 g/mol. The lowest BCUT2D eigenvalue weighted by Crippen LogP contribution is -2.21. The lowest BCUT2D eigenvalue weighted by molar-refractivity contribution is 0.400. The maximum atomic E-state index is 11.6. The molecule has 2 aromatic rings. The largest absolute Gasteiger partial charge is 0.305 e. The fourth-order valence-electron chi connectivity index (χ4n) is 1.66. The molecule has 0 unspecified atom stereocenters. The van der Waals surface area contributed by atoms with Crippen molar-refractivity contribution in [1.29, 1.82) is 0 Å². The molecule has 4 nitrogen and oxygen atoms in total. The fourth-order valence-corrected chi connectivity index (χ4v) is 1.66. The van der Waals surface area contributed by atoms with E-state index in [0.717, 1.165) is 16.8 Å². The van der Waals surface area contributed by atoms with Crippen LogP contribution in [0.15, 0.2) is 41.2 Å². The van der Waals surface area contributed by atoms with Gasteiger partial charge < -0.3 is 4.90 Å². The average Bonchev–Trinajstić information content (AvgIpc) is 2.32. The van der Waals surface area contributed by atoms with Gasteiger partial charge in [0.25, 0.3) is 5.56 Å². The summed E-state index contributed by atoms with van der Waals surface area (Å²) in [5.74, 6) is 0. The van der Waals surface area contributed by atoms with E-state index in [1.54, 1.807) is 0 Å². The number of hydrogen-bond acceptors (Lipinski definition) is 3. The molecule has 0 spiro atoms. The van der Waals surface area contributed by atoms with Crippen molar-refractivity contribution in [2.75, 3.05) is 14.1 Å². The molecule has 0 fully saturated rings. The number of H-pyrrole nitrogens is 1. The molecule has 0 amide bonds. The Morgan fingerprint density at radius 3 is 2.59 bits per heavy atom. The summed E-state index contributed by atoms with van der Waals surface area (Å²) in [6, 6.07) is 11.6. The quantitative estimate of drug-likeness (QED) is 0.867. The van der Waals surface area contributed by atoms with Crippen LogP contribution in [-0.4, -0.2) is 29.2 Å². The topological polar surface area (TPSA) is 49.0 Å². The second-order valence-electron chi connectivity index (χ2n) is 4.21. The van der Waals surface area contributed by atoms with E-state index in [0.29, 0.717) is 6.54 Å². The lowest BCUT2D eigenvalue weighted by Gasteiger charge is -2.09. The molecule has 4 heteroatoms. The molecule has 17 heavy (non-hydrogen) atoms. The summed E-state index contributed by atoms with van der Waals surface area (Å²) in [6.07, 6.45) is 0. The van der Waals surface area contributed by atoms with Gasteiger partial charge >= 0.3 is 0 Å². The molecule has 0 bridgehead atoms. The number of nitrogens with zero attached hydrogens (tertiary/aromatic N) is 2. The summed E-state index contributed by atoms with van der Waals surface area (Å²) in [5, 5.41) is 6.60. The van der Waals surface area contributed by atoms with Crippen LogP contribution in [-0.2, 0) is 6.54 Å². The SMILES string of the molecule is CN(C)Cc1cc(-c2ccccc2)n[nH]c1=O. The molecule has 2 rings (SSSR count). The Morgan fingerprint density at radius 1 is 1.24 bits per heavy atom. The summed E-state index contributed by atoms with van der Waals surface area (Å²) in [7, 11) is 3.87. The summed E-state index contributed by atoms with van der Waals surface area (Å²) >= 11 is 0. The smallest absolute Gasteiger partial charge is 0.268 e. The predicted molar refractivity (Wildman–Crippen MR) is 67.7 cm³/mol. The molecule has 0 saturated carbocycles. The molecule has 0 aliphatic heterocycles. The number of benzene rings is 1. The molecule has 88 valence electrons. The van der Waals surface area contributed by atoms with E-state index in [-0.39, 0.29) is 5.56 Å². The van der Waals surface area contributed by atoms with Crippen molar-refractivity contribution >= 4 is 0 Å². The highest BCUT2D eigenvalue weighted by Crippen LogP contribution is 2.15. The van der Waals surface area contributed by atoms with Gasteiger partial charge in [-0.05, 0) is 20.2 Å². The molecular weight excluding hydrogens is 214 g/mol. The first-order chi connectivity index (χ1) is 8.16. The summed E-state index contributed by atoms with van der Waals surface area (Å²) in [5.41, 5.74) is 2.40. The normalized spacial score (nSPS) is 10.8. The van der Waals surface area contributed by atoms with Gasteiger partial charge in [-0.2, -0.15) is 5.10 Å². The highest BCUT2D eigenvalue weighted by atomic mass is 16.1. The molecule has 1 N–H and O–H groups in total. The van der Waals surface area contributed by atoms with Gasteiger partial charge in [0, 0.05) is 17.7 Å². The standard InChI is InChI=1S/C13H15N3O/c1-16(2)9-11-8-12(14-15-13(11)17)10-6-4-3-5-7-10/h3-8H,9H2,1-2H3,(H,15,17). The Kier molecular flexibility index (Phi) is 3.35. The van der Waals surface area contributed by atoms with Gasteiger partial charge in [-0.1, -0.05) is 30.3 Å². The van der Waals surface area contributed by atoms with E-state index >= 15 is 0 Å². The molecule has 1 heterocycles. The first-order valence-corrected chi connectivity index (χ1v) is 5.45. The van der Waals surface area contributed by atoms with Crippen LogP contribution in [0.4, 0.5) is 0 Å². The van der Waals surface area contributed by atoms with Gasteiger partial charge in [-0.15, -0.1) is 0 Å². The first-order valence-electron chi connectivity index (χ1n) is 5.45. The van der Waals surface area contributed by atoms with Crippen molar-refractivity contribution in [3.63, 3.8) is 0 Å². The van der Waals surface area contributed by atoms with E-state index in [9.17, 15) is 4.79 Å². The van der Waals surface area contributed by atoms with Crippen molar-refractivity contribution in [1.82, 2.24) is 15.1 Å². The molecule has 0 saturated heterocycles. The van der Waals surface area contributed by atoms with E-state index in [2.05, 4.69) is 10.2 Å². The number of aromatic nitrogens is 2. The Labute approximate surface area is 99.9 Å².